The van der Waals surface area contributed by atoms with E-state index in [0.717, 1.165) is 10.4 Å². The molecule has 1 aliphatic heterocycles. The molecular formula is C30H23N3O6. The summed E-state index contributed by atoms with van der Waals surface area (Å²) in [4.78, 5) is 46.8. The SMILES string of the molecule is O=C1CC(N(Cc2ccco2)C(=O)COc2ccccc2)C(=O)N1c1ccc(-c2nc3ccccc3o2)cc1. The van der Waals surface area contributed by atoms with Gasteiger partial charge < -0.3 is 18.5 Å². The third kappa shape index (κ3) is 4.89. The first-order valence-electron chi connectivity index (χ1n) is 12.4. The molecule has 0 saturated carbocycles. The Labute approximate surface area is 223 Å². The molecule has 9 nitrogen and oxygen atoms in total. The fraction of sp³-hybridized carbons (Fsp3) is 0.133. The predicted octanol–water partition coefficient (Wildman–Crippen LogP) is 4.83. The summed E-state index contributed by atoms with van der Waals surface area (Å²) in [6.07, 6.45) is 1.34. The number of carbonyl (C=O) groups is 3. The first-order chi connectivity index (χ1) is 19.1. The number of benzene rings is 3. The number of ether oxygens (including phenoxy) is 1. The third-order valence-corrected chi connectivity index (χ3v) is 6.50. The van der Waals surface area contributed by atoms with Crippen LogP contribution in [-0.2, 0) is 20.9 Å². The summed E-state index contributed by atoms with van der Waals surface area (Å²) >= 11 is 0. The molecule has 194 valence electrons. The van der Waals surface area contributed by atoms with E-state index in [-0.39, 0.29) is 19.6 Å². The average Bonchev–Trinajstić information content (AvgIpc) is 3.70. The number of amides is 3. The van der Waals surface area contributed by atoms with Crippen LogP contribution in [0.5, 0.6) is 5.75 Å². The van der Waals surface area contributed by atoms with Crippen molar-refractivity contribution in [3.8, 4) is 17.2 Å². The summed E-state index contributed by atoms with van der Waals surface area (Å²) in [5, 5.41) is 0. The zero-order valence-corrected chi connectivity index (χ0v) is 20.7. The Hall–Kier alpha value is -5.18. The van der Waals surface area contributed by atoms with Gasteiger partial charge in [-0.15, -0.1) is 0 Å². The fourth-order valence-corrected chi connectivity index (χ4v) is 4.57. The lowest BCUT2D eigenvalue weighted by Gasteiger charge is -2.27. The number of para-hydroxylation sites is 3. The number of anilines is 1. The van der Waals surface area contributed by atoms with Crippen molar-refractivity contribution in [2.75, 3.05) is 11.5 Å². The minimum absolute atomic E-state index is 0.0260. The van der Waals surface area contributed by atoms with E-state index in [2.05, 4.69) is 4.98 Å². The molecule has 0 N–H and O–H groups in total. The standard InChI is InChI=1S/C30H23N3O6/c34-27-17-25(32(18-23-9-6-16-37-23)28(35)19-38-22-7-2-1-3-8-22)30(36)33(27)21-14-12-20(13-15-21)29-31-24-10-4-5-11-26(24)39-29/h1-16,25H,17-19H2. The molecule has 9 heteroatoms. The maximum atomic E-state index is 13.5. The molecule has 3 amide bonds. The number of furan rings is 1. The molecule has 3 aromatic carbocycles. The van der Waals surface area contributed by atoms with E-state index < -0.39 is 23.8 Å². The molecule has 0 aliphatic carbocycles. The van der Waals surface area contributed by atoms with Crippen LogP contribution in [0.2, 0.25) is 0 Å². The van der Waals surface area contributed by atoms with Crippen molar-refractivity contribution in [1.29, 1.82) is 0 Å². The lowest BCUT2D eigenvalue weighted by Crippen LogP contribution is -2.46. The van der Waals surface area contributed by atoms with Gasteiger partial charge in [-0.05, 0) is 60.7 Å². The van der Waals surface area contributed by atoms with Crippen molar-refractivity contribution < 1.29 is 28.0 Å². The van der Waals surface area contributed by atoms with Crippen LogP contribution in [0.1, 0.15) is 12.2 Å². The molecule has 6 rings (SSSR count). The first kappa shape index (κ1) is 24.2. The van der Waals surface area contributed by atoms with Gasteiger partial charge in [0.05, 0.1) is 24.9 Å². The van der Waals surface area contributed by atoms with Gasteiger partial charge >= 0.3 is 0 Å². The fourth-order valence-electron chi connectivity index (χ4n) is 4.57. The lowest BCUT2D eigenvalue weighted by atomic mass is 10.2. The summed E-state index contributed by atoms with van der Waals surface area (Å²) in [6, 6.07) is 25.6. The quantitative estimate of drug-likeness (QED) is 0.269. The van der Waals surface area contributed by atoms with Gasteiger partial charge in [-0.25, -0.2) is 9.88 Å². The van der Waals surface area contributed by atoms with E-state index in [1.807, 2.05) is 30.3 Å². The minimum Gasteiger partial charge on any atom is -0.484 e. The number of hydrogen-bond donors (Lipinski definition) is 0. The topological polar surface area (TPSA) is 106 Å². The van der Waals surface area contributed by atoms with Gasteiger partial charge in [0.25, 0.3) is 11.8 Å². The number of hydrogen-bond acceptors (Lipinski definition) is 7. The van der Waals surface area contributed by atoms with Crippen LogP contribution in [0.15, 0.2) is 106 Å². The van der Waals surface area contributed by atoms with Gasteiger partial charge in [0, 0.05) is 5.56 Å². The van der Waals surface area contributed by atoms with Gasteiger partial charge in [-0.3, -0.25) is 14.4 Å². The molecule has 1 saturated heterocycles. The zero-order chi connectivity index (χ0) is 26.8. The summed E-state index contributed by atoms with van der Waals surface area (Å²) in [5.41, 5.74) is 2.51. The molecule has 0 bridgehead atoms. The van der Waals surface area contributed by atoms with Gasteiger partial charge in [-0.1, -0.05) is 30.3 Å². The number of carbonyl (C=O) groups excluding carboxylic acids is 3. The molecular weight excluding hydrogens is 498 g/mol. The molecule has 0 spiro atoms. The Balaban J connectivity index is 1.22. The number of oxazole rings is 1. The highest BCUT2D eigenvalue weighted by molar-refractivity contribution is 6.23. The Morgan fingerprint density at radius 1 is 0.949 bits per heavy atom. The number of imide groups is 1. The third-order valence-electron chi connectivity index (χ3n) is 6.50. The van der Waals surface area contributed by atoms with Crippen LogP contribution >= 0.6 is 0 Å². The minimum atomic E-state index is -0.994. The largest absolute Gasteiger partial charge is 0.484 e. The normalized spacial score (nSPS) is 15.2. The van der Waals surface area contributed by atoms with Crippen LogP contribution in [0.4, 0.5) is 5.69 Å². The zero-order valence-electron chi connectivity index (χ0n) is 20.7. The Bertz CT molecular complexity index is 1590. The highest BCUT2D eigenvalue weighted by Gasteiger charge is 2.44. The van der Waals surface area contributed by atoms with Gasteiger partial charge in [0.1, 0.15) is 23.1 Å². The monoisotopic (exact) mass is 521 g/mol. The van der Waals surface area contributed by atoms with E-state index in [0.29, 0.717) is 34.2 Å². The van der Waals surface area contributed by atoms with Gasteiger partial charge in [0.15, 0.2) is 12.2 Å². The maximum Gasteiger partial charge on any atom is 0.261 e. The second-order valence-corrected chi connectivity index (χ2v) is 9.02. The van der Waals surface area contributed by atoms with Crippen molar-refractivity contribution in [1.82, 2.24) is 9.88 Å². The van der Waals surface area contributed by atoms with E-state index in [1.165, 1.54) is 11.2 Å². The van der Waals surface area contributed by atoms with Crippen molar-refractivity contribution in [2.24, 2.45) is 0 Å². The Morgan fingerprint density at radius 3 is 2.46 bits per heavy atom. The molecule has 1 atom stereocenters. The van der Waals surface area contributed by atoms with Crippen LogP contribution in [0, 0.1) is 0 Å². The lowest BCUT2D eigenvalue weighted by molar-refractivity contribution is -0.141. The molecule has 5 aromatic rings. The molecule has 1 fully saturated rings. The first-order valence-corrected chi connectivity index (χ1v) is 12.4. The average molecular weight is 522 g/mol. The predicted molar refractivity (Wildman–Crippen MR) is 142 cm³/mol. The van der Waals surface area contributed by atoms with E-state index in [1.54, 1.807) is 60.7 Å². The second kappa shape index (κ2) is 10.3. The van der Waals surface area contributed by atoms with Crippen LogP contribution < -0.4 is 9.64 Å². The van der Waals surface area contributed by atoms with E-state index >= 15 is 0 Å². The Morgan fingerprint density at radius 2 is 1.72 bits per heavy atom. The molecule has 1 aliphatic rings. The van der Waals surface area contributed by atoms with E-state index in [9.17, 15) is 14.4 Å². The van der Waals surface area contributed by atoms with Crippen molar-refractivity contribution in [2.45, 2.75) is 19.0 Å². The smallest absolute Gasteiger partial charge is 0.261 e. The maximum absolute atomic E-state index is 13.5. The highest BCUT2D eigenvalue weighted by atomic mass is 16.5. The Kier molecular flexibility index (Phi) is 6.38. The number of aromatic nitrogens is 1. The highest BCUT2D eigenvalue weighted by Crippen LogP contribution is 2.30. The van der Waals surface area contributed by atoms with Crippen molar-refractivity contribution in [3.05, 3.63) is 103 Å². The number of nitrogens with zero attached hydrogens (tertiary/aromatic N) is 3. The molecule has 2 aromatic heterocycles. The van der Waals surface area contributed by atoms with Gasteiger partial charge in [-0.2, -0.15) is 0 Å². The number of rotatable bonds is 8. The molecule has 39 heavy (non-hydrogen) atoms. The van der Waals surface area contributed by atoms with Crippen molar-refractivity contribution in [3.63, 3.8) is 0 Å². The molecule has 3 heterocycles. The van der Waals surface area contributed by atoms with E-state index in [4.69, 9.17) is 13.6 Å². The van der Waals surface area contributed by atoms with Crippen molar-refractivity contribution >= 4 is 34.5 Å². The second-order valence-electron chi connectivity index (χ2n) is 9.02. The van der Waals surface area contributed by atoms with Crippen LogP contribution in [-0.4, -0.2) is 40.3 Å². The summed E-state index contributed by atoms with van der Waals surface area (Å²) in [5.74, 6) is 0.126. The van der Waals surface area contributed by atoms with Crippen LogP contribution in [0.25, 0.3) is 22.6 Å². The summed E-state index contributed by atoms with van der Waals surface area (Å²) in [6.45, 7) is -0.264. The number of fused-ring (bicyclic) bond motifs is 1. The summed E-state index contributed by atoms with van der Waals surface area (Å²) in [7, 11) is 0. The molecule has 0 radical (unpaired) electrons. The van der Waals surface area contributed by atoms with Gasteiger partial charge in [0.2, 0.25) is 11.8 Å². The molecule has 1 unspecified atom stereocenters. The summed E-state index contributed by atoms with van der Waals surface area (Å²) < 4.78 is 16.9. The van der Waals surface area contributed by atoms with Crippen LogP contribution in [0.3, 0.4) is 0 Å².